The smallest absolute Gasteiger partial charge is 0.338 e. The summed E-state index contributed by atoms with van der Waals surface area (Å²) in [4.78, 5) is 40.4. The number of rotatable bonds is 7. The van der Waals surface area contributed by atoms with E-state index in [4.69, 9.17) is 38.4 Å². The third kappa shape index (κ3) is 4.49. The zero-order chi connectivity index (χ0) is 23.6. The van der Waals surface area contributed by atoms with E-state index >= 15 is 0 Å². The van der Waals surface area contributed by atoms with E-state index in [1.807, 2.05) is 6.92 Å². The van der Waals surface area contributed by atoms with Gasteiger partial charge in [0.2, 0.25) is 5.91 Å². The molecule has 0 aromatic heterocycles. The summed E-state index contributed by atoms with van der Waals surface area (Å²) in [5.41, 5.74) is 6.91. The van der Waals surface area contributed by atoms with Gasteiger partial charge in [0.1, 0.15) is 5.82 Å². The zero-order valence-electron chi connectivity index (χ0n) is 17.9. The molecule has 0 aliphatic carbocycles. The van der Waals surface area contributed by atoms with Crippen LogP contribution >= 0.6 is 35.0 Å². The summed E-state index contributed by atoms with van der Waals surface area (Å²) >= 11 is 13.7. The number of fused-ring (bicyclic) bond motifs is 1. The first-order chi connectivity index (χ1) is 15.2. The number of nitrogens with two attached hydrogens (primary N) is 1. The maximum absolute atomic E-state index is 13.2. The van der Waals surface area contributed by atoms with Crippen LogP contribution in [0.1, 0.15) is 45.1 Å². The lowest BCUT2D eigenvalue weighted by Gasteiger charge is -2.33. The summed E-state index contributed by atoms with van der Waals surface area (Å²) < 4.78 is 10.7. The quantitative estimate of drug-likeness (QED) is 0.440. The molecule has 7 nitrogen and oxygen atoms in total. The maximum Gasteiger partial charge on any atom is 0.338 e. The summed E-state index contributed by atoms with van der Waals surface area (Å²) in [7, 11) is 0. The number of carbonyl (C=O) groups excluding carboxylic acids is 3. The first kappa shape index (κ1) is 24.5. The molecule has 2 aliphatic heterocycles. The van der Waals surface area contributed by atoms with Gasteiger partial charge in [-0.25, -0.2) is 9.59 Å². The van der Waals surface area contributed by atoms with Gasteiger partial charge in [0.05, 0.1) is 40.6 Å². The topological polar surface area (TPSA) is 98.9 Å². The van der Waals surface area contributed by atoms with Crippen LogP contribution in [0.4, 0.5) is 0 Å². The Morgan fingerprint density at radius 1 is 1.16 bits per heavy atom. The van der Waals surface area contributed by atoms with Crippen molar-refractivity contribution in [2.75, 3.05) is 13.2 Å². The van der Waals surface area contributed by atoms with E-state index in [9.17, 15) is 14.4 Å². The van der Waals surface area contributed by atoms with E-state index in [2.05, 4.69) is 0 Å². The van der Waals surface area contributed by atoms with Crippen LogP contribution < -0.4 is 5.73 Å². The van der Waals surface area contributed by atoms with Gasteiger partial charge in [0, 0.05) is 10.0 Å². The van der Waals surface area contributed by atoms with Gasteiger partial charge in [0.15, 0.2) is 0 Å². The first-order valence-electron chi connectivity index (χ1n) is 10.3. The molecule has 1 amide bonds. The monoisotopic (exact) mass is 498 g/mol. The van der Waals surface area contributed by atoms with Gasteiger partial charge in [0.25, 0.3) is 0 Å². The van der Waals surface area contributed by atoms with Crippen LogP contribution in [0, 0.1) is 0 Å². The lowest BCUT2D eigenvalue weighted by molar-refractivity contribution is -0.140. The molecule has 2 N–H and O–H groups in total. The molecule has 32 heavy (non-hydrogen) atoms. The van der Waals surface area contributed by atoms with E-state index in [1.54, 1.807) is 26.0 Å². The molecular weight excluding hydrogens is 475 g/mol. The number of halogens is 2. The number of hydrogen-bond acceptors (Lipinski definition) is 7. The number of amides is 1. The number of ether oxygens (including phenoxy) is 2. The van der Waals surface area contributed by atoms with E-state index in [0.29, 0.717) is 22.0 Å². The normalized spacial score (nSPS) is 20.5. The van der Waals surface area contributed by atoms with Crippen LogP contribution in [-0.2, 0) is 23.9 Å². The van der Waals surface area contributed by atoms with Crippen molar-refractivity contribution in [1.82, 2.24) is 4.90 Å². The van der Waals surface area contributed by atoms with Gasteiger partial charge in [-0.2, -0.15) is 0 Å². The molecule has 1 saturated heterocycles. The summed E-state index contributed by atoms with van der Waals surface area (Å²) in [5, 5.41) is 0.473. The van der Waals surface area contributed by atoms with Crippen molar-refractivity contribution >= 4 is 52.8 Å². The number of esters is 2. The highest BCUT2D eigenvalue weighted by molar-refractivity contribution is 8.04. The fourth-order valence-electron chi connectivity index (χ4n) is 3.57. The van der Waals surface area contributed by atoms with Gasteiger partial charge >= 0.3 is 11.9 Å². The molecule has 0 saturated carbocycles. The summed E-state index contributed by atoms with van der Waals surface area (Å²) in [6.45, 7) is 5.64. The Balaban J connectivity index is 2.26. The molecule has 1 aromatic rings. The Morgan fingerprint density at radius 3 is 2.47 bits per heavy atom. The summed E-state index contributed by atoms with van der Waals surface area (Å²) in [6.07, 6.45) is 1.48. The van der Waals surface area contributed by atoms with Crippen molar-refractivity contribution in [3.63, 3.8) is 0 Å². The Morgan fingerprint density at radius 2 is 1.84 bits per heavy atom. The standard InChI is InChI=1S/C22H24Cl2N2O5S/c1-4-6-9-31-21(28)16-15(13-8-7-12(23)10-14(13)24)17(22(29)30-5-2)20-26(18(16)25)19(27)11(3)32-20/h7-8,10-11,15H,4-6,9,25H2,1-3H3/t11-,15-/m0/s1. The molecule has 1 fully saturated rings. The second kappa shape index (κ2) is 10.2. The predicted molar refractivity (Wildman–Crippen MR) is 124 cm³/mol. The van der Waals surface area contributed by atoms with Crippen LogP contribution in [0.25, 0.3) is 0 Å². The molecule has 0 unspecified atom stereocenters. The summed E-state index contributed by atoms with van der Waals surface area (Å²) in [5.74, 6) is -2.77. The molecule has 0 spiro atoms. The molecule has 10 heteroatoms. The lowest BCUT2D eigenvalue weighted by Crippen LogP contribution is -2.40. The van der Waals surface area contributed by atoms with Crippen LogP contribution in [0.15, 0.2) is 40.2 Å². The van der Waals surface area contributed by atoms with Gasteiger partial charge in [-0.3, -0.25) is 9.69 Å². The van der Waals surface area contributed by atoms with E-state index in [-0.39, 0.29) is 41.1 Å². The fourth-order valence-corrected chi connectivity index (χ4v) is 5.25. The van der Waals surface area contributed by atoms with E-state index in [1.165, 1.54) is 22.7 Å². The number of thioether (sulfide) groups is 1. The molecule has 0 radical (unpaired) electrons. The predicted octanol–water partition coefficient (Wildman–Crippen LogP) is 4.34. The number of hydrogen-bond donors (Lipinski definition) is 1. The average Bonchev–Trinajstić information content (AvgIpc) is 3.02. The Labute approximate surface area is 200 Å². The largest absolute Gasteiger partial charge is 0.463 e. The molecule has 2 aliphatic rings. The molecular formula is C22H24Cl2N2O5S. The molecule has 2 heterocycles. The second-order valence-electron chi connectivity index (χ2n) is 7.26. The third-order valence-electron chi connectivity index (χ3n) is 5.10. The number of nitrogens with zero attached hydrogens (tertiary/aromatic N) is 1. The molecule has 2 atom stereocenters. The molecule has 0 bridgehead atoms. The highest BCUT2D eigenvalue weighted by atomic mass is 35.5. The Bertz CT molecular complexity index is 1020. The van der Waals surface area contributed by atoms with Crippen molar-refractivity contribution < 1.29 is 23.9 Å². The van der Waals surface area contributed by atoms with Crippen molar-refractivity contribution in [1.29, 1.82) is 0 Å². The molecule has 3 rings (SSSR count). The SMILES string of the molecule is CCCCOC(=O)C1=C(N)N2C(=O)[C@H](C)SC2=C(C(=O)OCC)[C@H]1c1ccc(Cl)cc1Cl. The average molecular weight is 499 g/mol. The van der Waals surface area contributed by atoms with Gasteiger partial charge < -0.3 is 15.2 Å². The Hall–Kier alpha value is -2.16. The van der Waals surface area contributed by atoms with Crippen LogP contribution in [-0.4, -0.2) is 41.2 Å². The van der Waals surface area contributed by atoms with Crippen LogP contribution in [0.5, 0.6) is 0 Å². The van der Waals surface area contributed by atoms with Crippen molar-refractivity contribution in [2.45, 2.75) is 44.8 Å². The van der Waals surface area contributed by atoms with Crippen molar-refractivity contribution in [3.8, 4) is 0 Å². The molecule has 172 valence electrons. The van der Waals surface area contributed by atoms with Gasteiger partial charge in [-0.1, -0.05) is 54.4 Å². The van der Waals surface area contributed by atoms with Crippen molar-refractivity contribution in [2.24, 2.45) is 5.73 Å². The number of carbonyl (C=O) groups is 3. The minimum absolute atomic E-state index is 0.0276. The van der Waals surface area contributed by atoms with Crippen LogP contribution in [0.2, 0.25) is 10.0 Å². The maximum atomic E-state index is 13.2. The third-order valence-corrected chi connectivity index (χ3v) is 6.85. The molecule has 1 aromatic carbocycles. The van der Waals surface area contributed by atoms with Crippen molar-refractivity contribution in [3.05, 3.63) is 55.8 Å². The highest BCUT2D eigenvalue weighted by Gasteiger charge is 2.49. The minimum atomic E-state index is -0.982. The zero-order valence-corrected chi connectivity index (χ0v) is 20.3. The fraction of sp³-hybridized carbons (Fsp3) is 0.409. The Kier molecular flexibility index (Phi) is 7.79. The minimum Gasteiger partial charge on any atom is -0.463 e. The van der Waals surface area contributed by atoms with Crippen LogP contribution in [0.3, 0.4) is 0 Å². The number of benzene rings is 1. The lowest BCUT2D eigenvalue weighted by atomic mass is 9.82. The summed E-state index contributed by atoms with van der Waals surface area (Å²) in [6, 6.07) is 4.75. The van der Waals surface area contributed by atoms with Gasteiger partial charge in [-0.15, -0.1) is 0 Å². The highest BCUT2D eigenvalue weighted by Crippen LogP contribution is 2.51. The van der Waals surface area contributed by atoms with Gasteiger partial charge in [-0.05, 0) is 38.0 Å². The van der Waals surface area contributed by atoms with E-state index in [0.717, 1.165) is 6.42 Å². The second-order valence-corrected chi connectivity index (χ2v) is 9.43. The first-order valence-corrected chi connectivity index (χ1v) is 11.9. The number of unbranched alkanes of at least 4 members (excludes halogenated alkanes) is 1. The van der Waals surface area contributed by atoms with E-state index < -0.39 is 23.1 Å².